The predicted molar refractivity (Wildman–Crippen MR) is 169 cm³/mol. The van der Waals surface area contributed by atoms with Crippen LogP contribution in [0.5, 0.6) is 5.75 Å². The highest BCUT2D eigenvalue weighted by Gasteiger charge is 2.77. The summed E-state index contributed by atoms with van der Waals surface area (Å²) in [6, 6.07) is 10.4. The molecule has 7 rings (SSSR count). The van der Waals surface area contributed by atoms with E-state index in [4.69, 9.17) is 23.2 Å². The number of amides is 4. The maximum absolute atomic E-state index is 15.2. The first-order valence-electron chi connectivity index (χ1n) is 14.2. The van der Waals surface area contributed by atoms with Crippen LogP contribution in [0.3, 0.4) is 0 Å². The molecular formula is C32H17Br2Cl2F5N2O5. The molecule has 4 aliphatic rings. The van der Waals surface area contributed by atoms with Crippen LogP contribution in [0.25, 0.3) is 0 Å². The van der Waals surface area contributed by atoms with Crippen LogP contribution < -0.4 is 9.80 Å². The van der Waals surface area contributed by atoms with E-state index in [9.17, 15) is 37.5 Å². The molecule has 6 atom stereocenters. The molecule has 0 bridgehead atoms. The standard InChI is InChI=1S/C32H17Br2Cl2F5N2O5/c33-11-1-4-13(5-2-11)42-27(45)15-7-6-14-17(19(15)28(42)46)10-31(35)29(47)43(26-24(40)22(38)21(37)23(39)25(26)41)30(48)32(31,36)20(14)16-9-12(34)3-8-18(16)44/h1-6,8-9,15,17,19-20,44H,7,10H2. The number of fused-ring (bicyclic) bond motifs is 4. The number of alkyl halides is 2. The van der Waals surface area contributed by atoms with Crippen molar-refractivity contribution in [1.29, 1.82) is 0 Å². The molecule has 3 fully saturated rings. The lowest BCUT2D eigenvalue weighted by Gasteiger charge is -2.50. The Kier molecular flexibility index (Phi) is 7.67. The number of halogens is 9. The number of benzene rings is 3. The molecule has 3 aromatic carbocycles. The van der Waals surface area contributed by atoms with E-state index in [0.29, 0.717) is 8.95 Å². The van der Waals surface area contributed by atoms with Gasteiger partial charge in [-0.15, -0.1) is 23.2 Å². The van der Waals surface area contributed by atoms with Gasteiger partial charge in [0.15, 0.2) is 33.0 Å². The first-order valence-corrected chi connectivity index (χ1v) is 16.5. The van der Waals surface area contributed by atoms with Gasteiger partial charge in [-0.05, 0) is 61.2 Å². The molecule has 6 unspecified atom stereocenters. The van der Waals surface area contributed by atoms with Crippen molar-refractivity contribution >= 4 is 90.1 Å². The molecule has 0 aromatic heterocycles. The van der Waals surface area contributed by atoms with E-state index >= 15 is 8.78 Å². The maximum atomic E-state index is 15.2. The third-order valence-corrected chi connectivity index (χ3v) is 12.0. The zero-order valence-corrected chi connectivity index (χ0v) is 28.4. The summed E-state index contributed by atoms with van der Waals surface area (Å²) in [7, 11) is 0. The van der Waals surface area contributed by atoms with Gasteiger partial charge < -0.3 is 5.11 Å². The first-order chi connectivity index (χ1) is 22.6. The highest BCUT2D eigenvalue weighted by atomic mass is 79.9. The van der Waals surface area contributed by atoms with Crippen molar-refractivity contribution in [3.05, 3.63) is 97.7 Å². The minimum Gasteiger partial charge on any atom is -0.508 e. The van der Waals surface area contributed by atoms with E-state index in [-0.39, 0.29) is 28.1 Å². The zero-order chi connectivity index (χ0) is 34.8. The van der Waals surface area contributed by atoms with Gasteiger partial charge in [0.1, 0.15) is 11.4 Å². The Hall–Kier alpha value is -3.33. The van der Waals surface area contributed by atoms with Crippen LogP contribution in [-0.4, -0.2) is 38.5 Å². The molecule has 2 aliphatic heterocycles. The molecule has 2 saturated heterocycles. The van der Waals surface area contributed by atoms with Crippen LogP contribution in [0.4, 0.5) is 33.3 Å². The number of phenolic OH excluding ortho intramolecular Hbond substituents is 1. The third-order valence-electron chi connectivity index (χ3n) is 9.61. The van der Waals surface area contributed by atoms with Crippen molar-refractivity contribution in [3.8, 4) is 5.75 Å². The normalized spacial score (nSPS) is 29.6. The van der Waals surface area contributed by atoms with E-state index in [1.165, 1.54) is 18.2 Å². The van der Waals surface area contributed by atoms with E-state index in [0.717, 1.165) is 4.90 Å². The van der Waals surface area contributed by atoms with Gasteiger partial charge in [-0.25, -0.2) is 26.9 Å². The highest BCUT2D eigenvalue weighted by Crippen LogP contribution is 2.67. The molecule has 248 valence electrons. The van der Waals surface area contributed by atoms with Crippen molar-refractivity contribution in [3.63, 3.8) is 0 Å². The number of phenols is 1. The van der Waals surface area contributed by atoms with E-state index in [1.807, 2.05) is 0 Å². The number of carbonyl (C=O) groups is 4. The van der Waals surface area contributed by atoms with Crippen LogP contribution in [0.1, 0.15) is 24.3 Å². The third kappa shape index (κ3) is 4.21. The second-order valence-electron chi connectivity index (χ2n) is 11.9. The van der Waals surface area contributed by atoms with Gasteiger partial charge in [-0.1, -0.05) is 43.5 Å². The number of rotatable bonds is 3. The van der Waals surface area contributed by atoms with Gasteiger partial charge in [0.25, 0.3) is 11.8 Å². The van der Waals surface area contributed by atoms with Crippen molar-refractivity contribution in [2.75, 3.05) is 9.80 Å². The molecule has 1 saturated carbocycles. The summed E-state index contributed by atoms with van der Waals surface area (Å²) < 4.78 is 74.1. The number of aromatic hydroxyl groups is 1. The minimum absolute atomic E-state index is 0.0366. The average Bonchev–Trinajstić information content (AvgIpc) is 3.39. The Morgan fingerprint density at radius 2 is 1.33 bits per heavy atom. The summed E-state index contributed by atoms with van der Waals surface area (Å²) >= 11 is 20.7. The summed E-state index contributed by atoms with van der Waals surface area (Å²) in [6.07, 6.45) is 0.859. The molecule has 0 spiro atoms. The maximum Gasteiger partial charge on any atom is 0.258 e. The lowest BCUT2D eigenvalue weighted by molar-refractivity contribution is -0.125. The Balaban J connectivity index is 1.44. The van der Waals surface area contributed by atoms with Gasteiger partial charge in [0, 0.05) is 20.4 Å². The number of imide groups is 2. The fourth-order valence-electron chi connectivity index (χ4n) is 7.51. The van der Waals surface area contributed by atoms with E-state index < -0.39 is 104 Å². The van der Waals surface area contributed by atoms with Crippen LogP contribution >= 0.6 is 55.1 Å². The van der Waals surface area contributed by atoms with Crippen molar-refractivity contribution in [2.45, 2.75) is 28.5 Å². The molecule has 0 radical (unpaired) electrons. The molecule has 16 heteroatoms. The summed E-state index contributed by atoms with van der Waals surface area (Å²) in [6.45, 7) is 0. The second kappa shape index (κ2) is 11.1. The molecule has 7 nitrogen and oxygen atoms in total. The van der Waals surface area contributed by atoms with Gasteiger partial charge in [-0.3, -0.25) is 24.1 Å². The molecule has 1 N–H and O–H groups in total. The molecule has 2 heterocycles. The topological polar surface area (TPSA) is 95.0 Å². The second-order valence-corrected chi connectivity index (χ2v) is 15.0. The van der Waals surface area contributed by atoms with Crippen LogP contribution in [0, 0.1) is 46.8 Å². The lowest BCUT2D eigenvalue weighted by Crippen LogP contribution is -2.60. The summed E-state index contributed by atoms with van der Waals surface area (Å²) in [4.78, 5) is 51.6. The molecule has 2 aliphatic carbocycles. The molecule has 48 heavy (non-hydrogen) atoms. The summed E-state index contributed by atoms with van der Waals surface area (Å²) in [5, 5.41) is 11.1. The number of hydrogen-bond acceptors (Lipinski definition) is 5. The molecule has 4 amide bonds. The fourth-order valence-corrected chi connectivity index (χ4v) is 9.08. The van der Waals surface area contributed by atoms with Gasteiger partial charge >= 0.3 is 0 Å². The number of nitrogens with zero attached hydrogens (tertiary/aromatic N) is 2. The van der Waals surface area contributed by atoms with Crippen molar-refractivity contribution < 1.29 is 46.2 Å². The molecular weight excluding hydrogens is 818 g/mol. The Bertz CT molecular complexity index is 2020. The number of carbonyl (C=O) groups excluding carboxylic acids is 4. The summed E-state index contributed by atoms with van der Waals surface area (Å²) in [5.41, 5.74) is -1.50. The zero-order valence-electron chi connectivity index (χ0n) is 23.7. The molecule has 3 aromatic rings. The Morgan fingerprint density at radius 3 is 1.96 bits per heavy atom. The quantitative estimate of drug-likeness (QED) is 0.0743. The van der Waals surface area contributed by atoms with Gasteiger partial charge in [0.05, 0.1) is 17.5 Å². The number of allylic oxidation sites excluding steroid dienone is 2. The van der Waals surface area contributed by atoms with Crippen LogP contribution in [0.2, 0.25) is 0 Å². The first kappa shape index (κ1) is 33.2. The highest BCUT2D eigenvalue weighted by molar-refractivity contribution is 9.10. The van der Waals surface area contributed by atoms with Crippen LogP contribution in [0.15, 0.2) is 63.1 Å². The van der Waals surface area contributed by atoms with Crippen molar-refractivity contribution in [2.24, 2.45) is 17.8 Å². The summed E-state index contributed by atoms with van der Waals surface area (Å²) in [5.74, 6) is -22.0. The van der Waals surface area contributed by atoms with Gasteiger partial charge in [0.2, 0.25) is 17.6 Å². The monoisotopic (exact) mass is 832 g/mol. The number of anilines is 2. The van der Waals surface area contributed by atoms with Gasteiger partial charge in [-0.2, -0.15) is 0 Å². The smallest absolute Gasteiger partial charge is 0.258 e. The Labute approximate surface area is 294 Å². The average molecular weight is 835 g/mol. The minimum atomic E-state index is -2.74. The number of hydrogen-bond donors (Lipinski definition) is 1. The van der Waals surface area contributed by atoms with E-state index in [2.05, 4.69) is 31.9 Å². The largest absolute Gasteiger partial charge is 0.508 e. The van der Waals surface area contributed by atoms with Crippen LogP contribution in [-0.2, 0) is 19.2 Å². The van der Waals surface area contributed by atoms with E-state index in [1.54, 1.807) is 30.3 Å². The predicted octanol–water partition coefficient (Wildman–Crippen LogP) is 7.38. The van der Waals surface area contributed by atoms with Crippen molar-refractivity contribution in [1.82, 2.24) is 0 Å². The SMILES string of the molecule is O=C1C2CC=C3C(CC4(Cl)C(=O)N(c5c(F)c(F)c(F)c(F)c5F)C(=O)C4(Cl)C3c3cc(Br)ccc3O)C2C(=O)N1c1ccc(Br)cc1. The Morgan fingerprint density at radius 1 is 0.750 bits per heavy atom. The lowest BCUT2D eigenvalue weighted by atomic mass is 9.56. The fraction of sp³-hybridized carbons (Fsp3) is 0.250.